The van der Waals surface area contributed by atoms with E-state index >= 15 is 0 Å². The SMILES string of the molecule is COc1ncc2cnc(NC3CCC(N(C)C)CC3)nc2c1C. The zero-order valence-corrected chi connectivity index (χ0v) is 14.3. The van der Waals surface area contributed by atoms with E-state index in [4.69, 9.17) is 4.74 Å². The van der Waals surface area contributed by atoms with Crippen LogP contribution in [0.1, 0.15) is 31.2 Å². The van der Waals surface area contributed by atoms with Gasteiger partial charge in [0.2, 0.25) is 11.8 Å². The minimum absolute atomic E-state index is 0.452. The van der Waals surface area contributed by atoms with Crippen molar-refractivity contribution in [1.29, 1.82) is 0 Å². The molecular formula is C17H25N5O. The van der Waals surface area contributed by atoms with Crippen LogP contribution in [0, 0.1) is 6.92 Å². The Kier molecular flexibility index (Phi) is 4.61. The van der Waals surface area contributed by atoms with E-state index in [1.807, 2.05) is 13.1 Å². The Morgan fingerprint density at radius 3 is 2.48 bits per heavy atom. The molecule has 2 aromatic rings. The lowest BCUT2D eigenvalue weighted by atomic mass is 9.91. The van der Waals surface area contributed by atoms with Crippen LogP contribution in [0.25, 0.3) is 10.9 Å². The van der Waals surface area contributed by atoms with E-state index in [0.29, 0.717) is 23.9 Å². The molecule has 0 unspecified atom stereocenters. The molecule has 0 aromatic carbocycles. The molecule has 0 bridgehead atoms. The van der Waals surface area contributed by atoms with Gasteiger partial charge in [-0.05, 0) is 46.7 Å². The standard InChI is InChI=1S/C17H25N5O/c1-11-15-12(9-18-16(11)23-4)10-19-17(21-15)20-13-5-7-14(8-6-13)22(2)3/h9-10,13-14H,5-8H2,1-4H3,(H,19,20,21). The minimum atomic E-state index is 0.452. The van der Waals surface area contributed by atoms with E-state index in [1.54, 1.807) is 13.3 Å². The number of aromatic nitrogens is 3. The number of pyridine rings is 1. The summed E-state index contributed by atoms with van der Waals surface area (Å²) in [6.07, 6.45) is 8.33. The Hall–Kier alpha value is -1.95. The number of ether oxygens (including phenoxy) is 1. The van der Waals surface area contributed by atoms with Crippen molar-refractivity contribution in [3.05, 3.63) is 18.0 Å². The predicted octanol–water partition coefficient (Wildman–Crippen LogP) is 2.63. The van der Waals surface area contributed by atoms with Gasteiger partial charge in [0.25, 0.3) is 0 Å². The quantitative estimate of drug-likeness (QED) is 0.936. The lowest BCUT2D eigenvalue weighted by molar-refractivity contribution is 0.221. The van der Waals surface area contributed by atoms with Gasteiger partial charge in [-0.25, -0.2) is 15.0 Å². The zero-order valence-electron chi connectivity index (χ0n) is 14.3. The molecule has 0 atom stereocenters. The number of nitrogens with zero attached hydrogens (tertiary/aromatic N) is 4. The third-order valence-corrected chi connectivity index (χ3v) is 4.77. The first-order chi connectivity index (χ1) is 11.1. The highest BCUT2D eigenvalue weighted by Crippen LogP contribution is 2.26. The van der Waals surface area contributed by atoms with Crippen molar-refractivity contribution in [3.63, 3.8) is 0 Å². The third kappa shape index (κ3) is 3.37. The highest BCUT2D eigenvalue weighted by atomic mass is 16.5. The largest absolute Gasteiger partial charge is 0.481 e. The second-order valence-corrected chi connectivity index (χ2v) is 6.50. The molecule has 1 aliphatic rings. The summed E-state index contributed by atoms with van der Waals surface area (Å²) in [5, 5.41) is 4.43. The van der Waals surface area contributed by atoms with Crippen molar-refractivity contribution >= 4 is 16.9 Å². The summed E-state index contributed by atoms with van der Waals surface area (Å²) in [4.78, 5) is 15.7. The van der Waals surface area contributed by atoms with Crippen LogP contribution in [0.2, 0.25) is 0 Å². The number of nitrogens with one attached hydrogen (secondary N) is 1. The Morgan fingerprint density at radius 1 is 1.13 bits per heavy atom. The predicted molar refractivity (Wildman–Crippen MR) is 92.0 cm³/mol. The summed E-state index contributed by atoms with van der Waals surface area (Å²) in [6, 6.07) is 1.15. The molecule has 6 nitrogen and oxygen atoms in total. The number of hydrogen-bond acceptors (Lipinski definition) is 6. The first kappa shape index (κ1) is 15.9. The zero-order chi connectivity index (χ0) is 16.4. The Morgan fingerprint density at radius 2 is 1.83 bits per heavy atom. The topological polar surface area (TPSA) is 63.2 Å². The van der Waals surface area contributed by atoms with Gasteiger partial charge in [0.15, 0.2) is 0 Å². The van der Waals surface area contributed by atoms with Crippen LogP contribution in [0.4, 0.5) is 5.95 Å². The van der Waals surface area contributed by atoms with Gasteiger partial charge in [-0.3, -0.25) is 0 Å². The summed E-state index contributed by atoms with van der Waals surface area (Å²) < 4.78 is 5.28. The van der Waals surface area contributed by atoms with Gasteiger partial charge in [-0.1, -0.05) is 0 Å². The second-order valence-electron chi connectivity index (χ2n) is 6.50. The molecule has 3 rings (SSSR count). The van der Waals surface area contributed by atoms with Crippen LogP contribution >= 0.6 is 0 Å². The number of rotatable bonds is 4. The molecule has 2 heterocycles. The van der Waals surface area contributed by atoms with E-state index in [-0.39, 0.29) is 0 Å². The summed E-state index contributed by atoms with van der Waals surface area (Å²) in [7, 11) is 5.95. The van der Waals surface area contributed by atoms with Gasteiger partial charge in [-0.15, -0.1) is 0 Å². The first-order valence-electron chi connectivity index (χ1n) is 8.17. The third-order valence-electron chi connectivity index (χ3n) is 4.77. The lowest BCUT2D eigenvalue weighted by Crippen LogP contribution is -2.36. The van der Waals surface area contributed by atoms with Crippen LogP contribution in [-0.2, 0) is 0 Å². The molecule has 0 radical (unpaired) electrons. The van der Waals surface area contributed by atoms with Crippen molar-refractivity contribution < 1.29 is 4.74 Å². The summed E-state index contributed by atoms with van der Waals surface area (Å²) >= 11 is 0. The number of methoxy groups -OCH3 is 1. The lowest BCUT2D eigenvalue weighted by Gasteiger charge is -2.32. The average molecular weight is 315 g/mol. The molecule has 2 aromatic heterocycles. The molecule has 0 amide bonds. The molecule has 6 heteroatoms. The molecule has 124 valence electrons. The molecule has 1 N–H and O–H groups in total. The van der Waals surface area contributed by atoms with Crippen molar-refractivity contribution in [1.82, 2.24) is 19.9 Å². The number of aryl methyl sites for hydroxylation is 1. The summed E-state index contributed by atoms with van der Waals surface area (Å²) in [5.41, 5.74) is 1.85. The van der Waals surface area contributed by atoms with Crippen molar-refractivity contribution in [2.24, 2.45) is 0 Å². The van der Waals surface area contributed by atoms with E-state index in [1.165, 1.54) is 12.8 Å². The van der Waals surface area contributed by atoms with E-state index < -0.39 is 0 Å². The van der Waals surface area contributed by atoms with Gasteiger partial charge in [0.05, 0.1) is 12.6 Å². The van der Waals surface area contributed by atoms with Crippen LogP contribution < -0.4 is 10.1 Å². The first-order valence-corrected chi connectivity index (χ1v) is 8.17. The fourth-order valence-electron chi connectivity index (χ4n) is 3.31. The molecule has 0 aliphatic heterocycles. The molecule has 1 saturated carbocycles. The van der Waals surface area contributed by atoms with Gasteiger partial charge in [-0.2, -0.15) is 0 Å². The van der Waals surface area contributed by atoms with Crippen molar-refractivity contribution in [2.45, 2.75) is 44.7 Å². The van der Waals surface area contributed by atoms with Crippen LogP contribution in [0.3, 0.4) is 0 Å². The molecule has 0 spiro atoms. The Balaban J connectivity index is 1.75. The molecule has 0 saturated heterocycles. The molecule has 1 fully saturated rings. The number of fused-ring (bicyclic) bond motifs is 1. The van der Waals surface area contributed by atoms with Crippen LogP contribution in [0.15, 0.2) is 12.4 Å². The van der Waals surface area contributed by atoms with Gasteiger partial charge < -0.3 is 15.0 Å². The maximum Gasteiger partial charge on any atom is 0.223 e. The second kappa shape index (κ2) is 6.66. The maximum absolute atomic E-state index is 5.28. The monoisotopic (exact) mass is 315 g/mol. The van der Waals surface area contributed by atoms with Crippen LogP contribution in [-0.4, -0.2) is 53.1 Å². The molecular weight excluding hydrogens is 290 g/mol. The minimum Gasteiger partial charge on any atom is -0.481 e. The average Bonchev–Trinajstić information content (AvgIpc) is 2.56. The van der Waals surface area contributed by atoms with Crippen molar-refractivity contribution in [3.8, 4) is 5.88 Å². The Bertz CT molecular complexity index is 680. The van der Waals surface area contributed by atoms with Crippen LogP contribution in [0.5, 0.6) is 5.88 Å². The summed E-state index contributed by atoms with van der Waals surface area (Å²) in [6.45, 7) is 1.98. The fourth-order valence-corrected chi connectivity index (χ4v) is 3.31. The highest BCUT2D eigenvalue weighted by Gasteiger charge is 2.23. The van der Waals surface area contributed by atoms with E-state index in [9.17, 15) is 0 Å². The smallest absolute Gasteiger partial charge is 0.223 e. The number of anilines is 1. The van der Waals surface area contributed by atoms with Crippen molar-refractivity contribution in [2.75, 3.05) is 26.5 Å². The molecule has 1 aliphatic carbocycles. The molecule has 23 heavy (non-hydrogen) atoms. The van der Waals surface area contributed by atoms with E-state index in [2.05, 4.69) is 39.3 Å². The Labute approximate surface area is 137 Å². The van der Waals surface area contributed by atoms with Gasteiger partial charge >= 0.3 is 0 Å². The summed E-state index contributed by atoms with van der Waals surface area (Å²) in [5.74, 6) is 1.32. The van der Waals surface area contributed by atoms with E-state index in [0.717, 1.165) is 29.3 Å². The number of hydrogen-bond donors (Lipinski definition) is 1. The fraction of sp³-hybridized carbons (Fsp3) is 0.588. The maximum atomic E-state index is 5.28. The van der Waals surface area contributed by atoms with Gasteiger partial charge in [0, 0.05) is 35.4 Å². The highest BCUT2D eigenvalue weighted by molar-refractivity contribution is 5.82. The normalized spacial score (nSPS) is 21.6. The van der Waals surface area contributed by atoms with Gasteiger partial charge in [0.1, 0.15) is 0 Å².